The van der Waals surface area contributed by atoms with E-state index in [1.165, 1.54) is 4.90 Å². The number of nitrogens with zero attached hydrogens (tertiary/aromatic N) is 2. The molecule has 0 bridgehead atoms. The van der Waals surface area contributed by atoms with Gasteiger partial charge in [0.2, 0.25) is 5.91 Å². The molecule has 234 valence electrons. The van der Waals surface area contributed by atoms with Crippen LogP contribution in [-0.4, -0.2) is 74.2 Å². The Morgan fingerprint density at radius 1 is 1.05 bits per heavy atom. The summed E-state index contributed by atoms with van der Waals surface area (Å²) >= 11 is 0. The Labute approximate surface area is 239 Å². The molecular weight excluding hydrogens is 617 g/mol. The number of rotatable bonds is 5. The van der Waals surface area contributed by atoms with Gasteiger partial charge in [-0.3, -0.25) is 9.10 Å². The average molecular weight is 641 g/mol. The van der Waals surface area contributed by atoms with Crippen molar-refractivity contribution in [3.8, 4) is 0 Å². The maximum atomic E-state index is 13.8. The maximum absolute atomic E-state index is 13.8. The summed E-state index contributed by atoms with van der Waals surface area (Å²) < 4.78 is 133. The Bertz CT molecular complexity index is 1530. The van der Waals surface area contributed by atoms with Gasteiger partial charge in [-0.15, -0.1) is 0 Å². The number of likely N-dealkylation sites (tertiary alicyclic amines) is 1. The molecule has 17 heteroatoms. The monoisotopic (exact) mass is 640 g/mol. The normalized spacial score (nSPS) is 22.9. The molecule has 0 saturated carbocycles. The topological polar surface area (TPSA) is 113 Å². The van der Waals surface area contributed by atoms with E-state index in [1.807, 2.05) is 0 Å². The van der Waals surface area contributed by atoms with Crippen molar-refractivity contribution in [1.82, 2.24) is 4.90 Å². The number of hydrogen-bond donors (Lipinski definition) is 1. The Hall–Kier alpha value is -3.60. The second-order valence-electron chi connectivity index (χ2n) is 10.6. The molecule has 2 aromatic rings. The average Bonchev–Trinajstić information content (AvgIpc) is 3.51. The molecule has 1 N–H and O–H groups in total. The molecule has 9 nitrogen and oxygen atoms in total. The Morgan fingerprint density at radius 3 is 2.28 bits per heavy atom. The van der Waals surface area contributed by atoms with E-state index in [1.54, 1.807) is 0 Å². The number of amides is 1. The summed E-state index contributed by atoms with van der Waals surface area (Å²) in [4.78, 5) is 25.6. The number of sulfonamides is 1. The largest absolute Gasteiger partial charge is 0.509 e. The quantitative estimate of drug-likeness (QED) is 0.386. The number of benzene rings is 2. The molecule has 2 saturated heterocycles. The molecule has 0 aromatic heterocycles. The number of aliphatic hydroxyl groups is 1. The second kappa shape index (κ2) is 10.2. The van der Waals surface area contributed by atoms with Gasteiger partial charge in [0.15, 0.2) is 5.60 Å². The molecule has 1 spiro atoms. The van der Waals surface area contributed by atoms with Crippen LogP contribution in [0.4, 0.5) is 41.2 Å². The molecule has 0 radical (unpaired) electrons. The van der Waals surface area contributed by atoms with Crippen LogP contribution in [0, 0.1) is 5.82 Å². The van der Waals surface area contributed by atoms with Gasteiger partial charge in [0.1, 0.15) is 12.4 Å². The van der Waals surface area contributed by atoms with Crippen LogP contribution in [0.5, 0.6) is 0 Å². The van der Waals surface area contributed by atoms with Gasteiger partial charge < -0.3 is 19.5 Å². The van der Waals surface area contributed by atoms with E-state index in [2.05, 4.69) is 0 Å². The first-order valence-electron chi connectivity index (χ1n) is 12.8. The number of fused-ring (bicyclic) bond motifs is 1. The van der Waals surface area contributed by atoms with Gasteiger partial charge in [-0.05, 0) is 48.7 Å². The molecule has 43 heavy (non-hydrogen) atoms. The minimum Gasteiger partial charge on any atom is -0.430 e. The summed E-state index contributed by atoms with van der Waals surface area (Å²) in [6.07, 6.45) is -13.8. The third kappa shape index (κ3) is 5.25. The highest BCUT2D eigenvalue weighted by atomic mass is 32.2. The predicted molar refractivity (Wildman–Crippen MR) is 132 cm³/mol. The molecule has 5 rings (SSSR count). The van der Waals surface area contributed by atoms with E-state index in [-0.39, 0.29) is 50.2 Å². The van der Waals surface area contributed by atoms with Crippen LogP contribution in [-0.2, 0) is 36.3 Å². The molecule has 2 fully saturated rings. The zero-order chi connectivity index (χ0) is 31.6. The molecular formula is C26H23F7N2O7S. The van der Waals surface area contributed by atoms with Gasteiger partial charge in [0.25, 0.3) is 15.6 Å². The molecule has 3 aliphatic heterocycles. The molecule has 2 aromatic carbocycles. The number of halogens is 7. The highest BCUT2D eigenvalue weighted by molar-refractivity contribution is 7.92. The fourth-order valence-electron chi connectivity index (χ4n) is 5.60. The van der Waals surface area contributed by atoms with E-state index in [4.69, 9.17) is 9.47 Å². The SMILES string of the molecule is O=C1OCC2(CCN(C(=O)C[C@@H]3CCc4cc(C(O)(C(F)(F)F)C(F)(F)F)ccc4N3S(=O)(=O)c3ccc(F)cc3)C2)O1. The van der Waals surface area contributed by atoms with E-state index in [0.717, 1.165) is 28.6 Å². The fourth-order valence-corrected chi connectivity index (χ4v) is 7.31. The van der Waals surface area contributed by atoms with Crippen molar-refractivity contribution in [3.63, 3.8) is 0 Å². The summed E-state index contributed by atoms with van der Waals surface area (Å²) in [7, 11) is -4.65. The number of aryl methyl sites for hydroxylation is 1. The van der Waals surface area contributed by atoms with Gasteiger partial charge in [-0.1, -0.05) is 12.1 Å². The Kier molecular flexibility index (Phi) is 7.35. The number of carbonyl (C=O) groups is 2. The smallest absolute Gasteiger partial charge is 0.430 e. The lowest BCUT2D eigenvalue weighted by Gasteiger charge is -2.39. The van der Waals surface area contributed by atoms with Crippen LogP contribution < -0.4 is 4.31 Å². The van der Waals surface area contributed by atoms with Crippen LogP contribution in [0.3, 0.4) is 0 Å². The molecule has 1 unspecified atom stereocenters. The summed E-state index contributed by atoms with van der Waals surface area (Å²) in [5.74, 6) is -1.32. The number of alkyl halides is 6. The van der Waals surface area contributed by atoms with E-state index in [9.17, 15) is 53.8 Å². The fraction of sp³-hybridized carbons (Fsp3) is 0.462. The third-order valence-electron chi connectivity index (χ3n) is 7.84. The standard InChI is InChI=1S/C26H23F7N2O7S/c27-17-3-6-19(7-4-17)43(39,40)35-18(12-21(36)34-10-9-23(13-34)14-41-22(37)42-23)5-1-15-11-16(2-8-20(15)35)24(38,25(28,29)30)26(31,32)33/h2-4,6-8,11,18,38H,1,5,9-10,12-14H2/t18-,23?/m0/s1. The zero-order valence-corrected chi connectivity index (χ0v) is 22.7. The first kappa shape index (κ1) is 30.8. The minimum atomic E-state index is -6.16. The van der Waals surface area contributed by atoms with Gasteiger partial charge in [0.05, 0.1) is 23.2 Å². The van der Waals surface area contributed by atoms with Crippen molar-refractivity contribution in [2.45, 2.75) is 60.2 Å². The summed E-state index contributed by atoms with van der Waals surface area (Å²) in [5, 5.41) is 9.88. The van der Waals surface area contributed by atoms with Crippen LogP contribution in [0.2, 0.25) is 0 Å². The van der Waals surface area contributed by atoms with Gasteiger partial charge in [0, 0.05) is 24.9 Å². The lowest BCUT2D eigenvalue weighted by molar-refractivity contribution is -0.376. The van der Waals surface area contributed by atoms with E-state index < -0.39 is 74.4 Å². The van der Waals surface area contributed by atoms with Gasteiger partial charge in [-0.2, -0.15) is 26.3 Å². The van der Waals surface area contributed by atoms with Crippen molar-refractivity contribution in [1.29, 1.82) is 0 Å². The van der Waals surface area contributed by atoms with Crippen LogP contribution in [0.25, 0.3) is 0 Å². The molecule has 2 atom stereocenters. The van der Waals surface area contributed by atoms with Gasteiger partial charge in [-0.25, -0.2) is 17.6 Å². The molecule has 3 aliphatic rings. The highest BCUT2D eigenvalue weighted by Gasteiger charge is 2.71. The van der Waals surface area contributed by atoms with Crippen molar-refractivity contribution in [2.24, 2.45) is 0 Å². The number of carbonyl (C=O) groups excluding carboxylic acids is 2. The first-order valence-corrected chi connectivity index (χ1v) is 14.2. The van der Waals surface area contributed by atoms with Crippen molar-refractivity contribution in [2.75, 3.05) is 24.0 Å². The van der Waals surface area contributed by atoms with Gasteiger partial charge >= 0.3 is 18.5 Å². The van der Waals surface area contributed by atoms with Crippen molar-refractivity contribution in [3.05, 3.63) is 59.4 Å². The first-order chi connectivity index (χ1) is 19.9. The molecule has 1 amide bonds. The Balaban J connectivity index is 1.52. The summed E-state index contributed by atoms with van der Waals surface area (Å²) in [5.41, 5.74) is -8.40. The highest BCUT2D eigenvalue weighted by Crippen LogP contribution is 2.51. The lowest BCUT2D eigenvalue weighted by atomic mass is 9.87. The minimum absolute atomic E-state index is 0.0254. The summed E-state index contributed by atoms with van der Waals surface area (Å²) in [6.45, 7) is 0.0464. The molecule has 0 aliphatic carbocycles. The zero-order valence-electron chi connectivity index (χ0n) is 21.9. The van der Waals surface area contributed by atoms with Crippen LogP contribution >= 0.6 is 0 Å². The number of hydrogen-bond acceptors (Lipinski definition) is 7. The van der Waals surface area contributed by atoms with Crippen molar-refractivity contribution < 1.29 is 63.3 Å². The van der Waals surface area contributed by atoms with Crippen LogP contribution in [0.15, 0.2) is 47.4 Å². The van der Waals surface area contributed by atoms with Crippen LogP contribution in [0.1, 0.15) is 30.4 Å². The number of ether oxygens (including phenoxy) is 2. The van der Waals surface area contributed by atoms with Crippen molar-refractivity contribution >= 4 is 27.8 Å². The maximum Gasteiger partial charge on any atom is 0.509 e. The second-order valence-corrected chi connectivity index (χ2v) is 12.4. The number of cyclic esters (lactones) is 1. The lowest BCUT2D eigenvalue weighted by Crippen LogP contribution is -2.54. The van der Waals surface area contributed by atoms with E-state index in [0.29, 0.717) is 18.2 Å². The summed E-state index contributed by atoms with van der Waals surface area (Å²) in [6, 6.07) is 3.89. The third-order valence-corrected chi connectivity index (χ3v) is 9.72. The predicted octanol–water partition coefficient (Wildman–Crippen LogP) is 4.18. The molecule has 3 heterocycles. The van der Waals surface area contributed by atoms with E-state index >= 15 is 0 Å². The number of anilines is 1. The Morgan fingerprint density at radius 2 is 1.70 bits per heavy atom.